The fourth-order valence-corrected chi connectivity index (χ4v) is 1.61. The molecule has 1 amide bonds. The lowest BCUT2D eigenvalue weighted by Gasteiger charge is -2.27. The van der Waals surface area contributed by atoms with E-state index >= 15 is 0 Å². The van der Waals surface area contributed by atoms with Crippen molar-refractivity contribution in [2.24, 2.45) is 11.3 Å². The predicted molar refractivity (Wildman–Crippen MR) is 80.1 cm³/mol. The molecule has 0 bridgehead atoms. The fourth-order valence-electron chi connectivity index (χ4n) is 1.26. The van der Waals surface area contributed by atoms with Gasteiger partial charge in [-0.1, -0.05) is 27.7 Å². The van der Waals surface area contributed by atoms with Gasteiger partial charge in [0.2, 0.25) is 0 Å². The summed E-state index contributed by atoms with van der Waals surface area (Å²) in [6.45, 7) is 9.45. The van der Waals surface area contributed by atoms with Gasteiger partial charge >= 0.3 is 0 Å². The Morgan fingerprint density at radius 1 is 1.29 bits per heavy atom. The highest BCUT2D eigenvalue weighted by molar-refractivity contribution is 14.1. The topological polar surface area (TPSA) is 29.1 Å². The first-order valence-corrected chi connectivity index (χ1v) is 6.92. The minimum Gasteiger partial charge on any atom is -0.352 e. The van der Waals surface area contributed by atoms with Gasteiger partial charge in [0.15, 0.2) is 0 Å². The van der Waals surface area contributed by atoms with Crippen LogP contribution in [0.15, 0.2) is 24.3 Å². The van der Waals surface area contributed by atoms with E-state index in [1.807, 2.05) is 24.3 Å². The molecule has 1 N–H and O–H groups in total. The van der Waals surface area contributed by atoms with E-state index in [0.29, 0.717) is 12.5 Å². The standard InChI is InChI=1S/C14H20INO/c1-10(14(2,3)4)9-16-13(17)11-5-7-12(15)8-6-11/h5-8,10H,9H2,1-4H3,(H,16,17). The quantitative estimate of drug-likeness (QED) is 0.832. The lowest BCUT2D eigenvalue weighted by molar-refractivity contribution is 0.0937. The van der Waals surface area contributed by atoms with Crippen molar-refractivity contribution in [2.45, 2.75) is 27.7 Å². The number of carbonyl (C=O) groups is 1. The summed E-state index contributed by atoms with van der Waals surface area (Å²) in [7, 11) is 0. The van der Waals surface area contributed by atoms with Crippen LogP contribution in [-0.4, -0.2) is 12.5 Å². The molecule has 0 radical (unpaired) electrons. The average molecular weight is 345 g/mol. The Morgan fingerprint density at radius 2 is 1.82 bits per heavy atom. The zero-order valence-corrected chi connectivity index (χ0v) is 13.0. The highest BCUT2D eigenvalue weighted by Gasteiger charge is 2.20. The monoisotopic (exact) mass is 345 g/mol. The van der Waals surface area contributed by atoms with Gasteiger partial charge in [0.1, 0.15) is 0 Å². The Labute approximate surface area is 117 Å². The first-order valence-electron chi connectivity index (χ1n) is 5.84. The lowest BCUT2D eigenvalue weighted by Crippen LogP contribution is -2.33. The first-order chi connectivity index (χ1) is 7.80. The van der Waals surface area contributed by atoms with E-state index in [0.717, 1.165) is 9.13 Å². The highest BCUT2D eigenvalue weighted by Crippen LogP contribution is 2.24. The molecule has 0 fully saturated rings. The summed E-state index contributed by atoms with van der Waals surface area (Å²) < 4.78 is 1.14. The highest BCUT2D eigenvalue weighted by atomic mass is 127. The smallest absolute Gasteiger partial charge is 0.251 e. The van der Waals surface area contributed by atoms with Gasteiger partial charge < -0.3 is 5.32 Å². The van der Waals surface area contributed by atoms with Crippen LogP contribution in [-0.2, 0) is 0 Å². The van der Waals surface area contributed by atoms with Gasteiger partial charge in [0, 0.05) is 15.7 Å². The van der Waals surface area contributed by atoms with Crippen LogP contribution in [0.4, 0.5) is 0 Å². The Balaban J connectivity index is 2.53. The van der Waals surface area contributed by atoms with Gasteiger partial charge in [-0.2, -0.15) is 0 Å². The van der Waals surface area contributed by atoms with Crippen molar-refractivity contribution in [3.8, 4) is 0 Å². The molecule has 0 aliphatic rings. The third kappa shape index (κ3) is 4.66. The molecule has 0 saturated heterocycles. The SMILES string of the molecule is CC(CNC(=O)c1ccc(I)cc1)C(C)(C)C. The van der Waals surface area contributed by atoms with Crippen molar-refractivity contribution < 1.29 is 4.79 Å². The van der Waals surface area contributed by atoms with Crippen LogP contribution >= 0.6 is 22.6 Å². The van der Waals surface area contributed by atoms with Crippen molar-refractivity contribution >= 4 is 28.5 Å². The molecule has 1 unspecified atom stereocenters. The molecule has 2 nitrogen and oxygen atoms in total. The van der Waals surface area contributed by atoms with Crippen molar-refractivity contribution in [3.05, 3.63) is 33.4 Å². The van der Waals surface area contributed by atoms with Crippen LogP contribution < -0.4 is 5.32 Å². The lowest BCUT2D eigenvalue weighted by atomic mass is 9.82. The van der Waals surface area contributed by atoms with Crippen LogP contribution in [0.2, 0.25) is 0 Å². The molecule has 0 aliphatic heterocycles. The summed E-state index contributed by atoms with van der Waals surface area (Å²) in [5.41, 5.74) is 0.950. The first kappa shape index (κ1) is 14.5. The molecule has 3 heteroatoms. The molecule has 0 spiro atoms. The van der Waals surface area contributed by atoms with Gasteiger partial charge in [-0.25, -0.2) is 0 Å². The van der Waals surface area contributed by atoms with Gasteiger partial charge in [0.25, 0.3) is 5.91 Å². The summed E-state index contributed by atoms with van der Waals surface area (Å²) in [6.07, 6.45) is 0. The number of carbonyl (C=O) groups excluding carboxylic acids is 1. The summed E-state index contributed by atoms with van der Waals surface area (Å²) >= 11 is 2.23. The predicted octanol–water partition coefficient (Wildman–Crippen LogP) is 3.70. The summed E-state index contributed by atoms with van der Waals surface area (Å²) in [4.78, 5) is 11.9. The summed E-state index contributed by atoms with van der Waals surface area (Å²) in [6, 6.07) is 7.61. The molecule has 1 rings (SSSR count). The van der Waals surface area contributed by atoms with E-state index in [-0.39, 0.29) is 11.3 Å². The Morgan fingerprint density at radius 3 is 2.29 bits per heavy atom. The second-order valence-corrected chi connectivity index (χ2v) is 6.73. The number of amides is 1. The summed E-state index contributed by atoms with van der Waals surface area (Å²) in [5, 5.41) is 2.98. The normalized spacial score (nSPS) is 13.2. The Hall–Kier alpha value is -0.580. The van der Waals surface area contributed by atoms with Gasteiger partial charge in [-0.3, -0.25) is 4.79 Å². The minimum absolute atomic E-state index is 0.0116. The molecule has 0 aliphatic carbocycles. The van der Waals surface area contributed by atoms with E-state index in [9.17, 15) is 4.79 Å². The van der Waals surface area contributed by atoms with Crippen LogP contribution in [0, 0.1) is 14.9 Å². The summed E-state index contributed by atoms with van der Waals surface area (Å²) in [5.74, 6) is 0.466. The maximum atomic E-state index is 11.9. The van der Waals surface area contributed by atoms with E-state index in [1.165, 1.54) is 0 Å². The molecule has 94 valence electrons. The molecule has 17 heavy (non-hydrogen) atoms. The van der Waals surface area contributed by atoms with Gasteiger partial charge in [-0.15, -0.1) is 0 Å². The van der Waals surface area contributed by atoms with E-state index < -0.39 is 0 Å². The van der Waals surface area contributed by atoms with E-state index in [2.05, 4.69) is 55.6 Å². The number of rotatable bonds is 3. The zero-order chi connectivity index (χ0) is 13.1. The van der Waals surface area contributed by atoms with Crippen LogP contribution in [0.5, 0.6) is 0 Å². The maximum absolute atomic E-state index is 11.9. The van der Waals surface area contributed by atoms with Crippen molar-refractivity contribution in [1.82, 2.24) is 5.32 Å². The average Bonchev–Trinajstić information content (AvgIpc) is 2.25. The van der Waals surface area contributed by atoms with E-state index in [1.54, 1.807) is 0 Å². The van der Waals surface area contributed by atoms with Crippen LogP contribution in [0.3, 0.4) is 0 Å². The zero-order valence-electron chi connectivity index (χ0n) is 10.9. The Kier molecular flexibility index (Phi) is 4.98. The van der Waals surface area contributed by atoms with Crippen molar-refractivity contribution in [2.75, 3.05) is 6.54 Å². The number of nitrogens with one attached hydrogen (secondary N) is 1. The molecule has 0 aromatic heterocycles. The molecule has 0 saturated carbocycles. The third-order valence-corrected chi connectivity index (χ3v) is 3.87. The number of benzene rings is 1. The van der Waals surface area contributed by atoms with Gasteiger partial charge in [-0.05, 0) is 58.2 Å². The van der Waals surface area contributed by atoms with Crippen molar-refractivity contribution in [3.63, 3.8) is 0 Å². The molecule has 1 aromatic rings. The largest absolute Gasteiger partial charge is 0.352 e. The van der Waals surface area contributed by atoms with Crippen molar-refractivity contribution in [1.29, 1.82) is 0 Å². The molecular weight excluding hydrogens is 325 g/mol. The Bertz CT molecular complexity index is 378. The number of hydrogen-bond acceptors (Lipinski definition) is 1. The molecule has 0 heterocycles. The minimum atomic E-state index is 0.0116. The van der Waals surface area contributed by atoms with Gasteiger partial charge in [0.05, 0.1) is 0 Å². The number of halogens is 1. The third-order valence-electron chi connectivity index (χ3n) is 3.15. The molecule has 1 atom stereocenters. The van der Waals surface area contributed by atoms with Crippen LogP contribution in [0.1, 0.15) is 38.1 Å². The molecular formula is C14H20INO. The number of hydrogen-bond donors (Lipinski definition) is 1. The van der Waals surface area contributed by atoms with E-state index in [4.69, 9.17) is 0 Å². The molecule has 1 aromatic carbocycles. The second-order valence-electron chi connectivity index (χ2n) is 5.48. The maximum Gasteiger partial charge on any atom is 0.251 e. The fraction of sp³-hybridized carbons (Fsp3) is 0.500. The van der Waals surface area contributed by atoms with Crippen LogP contribution in [0.25, 0.3) is 0 Å². The second kappa shape index (κ2) is 5.85.